The molecule has 0 aliphatic carbocycles. The summed E-state index contributed by atoms with van der Waals surface area (Å²) in [6, 6.07) is 5.35. The molecule has 0 radical (unpaired) electrons. The molecule has 0 unspecified atom stereocenters. The van der Waals surface area contributed by atoms with Crippen LogP contribution in [0.15, 0.2) is 28.9 Å². The monoisotopic (exact) mass is 292 g/mol. The van der Waals surface area contributed by atoms with E-state index in [0.29, 0.717) is 22.4 Å². The third-order valence-electron chi connectivity index (χ3n) is 2.51. The number of hydrogen-bond acceptors (Lipinski definition) is 6. The van der Waals surface area contributed by atoms with Crippen molar-refractivity contribution in [2.75, 3.05) is 5.73 Å². The van der Waals surface area contributed by atoms with E-state index in [1.54, 1.807) is 18.3 Å². The Labute approximate surface area is 118 Å². The maximum Gasteiger partial charge on any atom is 0.268 e. The topological polar surface area (TPSA) is 77.8 Å². The van der Waals surface area contributed by atoms with Gasteiger partial charge in [-0.2, -0.15) is 4.98 Å². The minimum atomic E-state index is 0.429. The van der Waals surface area contributed by atoms with Crippen molar-refractivity contribution in [2.45, 2.75) is 6.92 Å². The number of nitrogens with zero attached hydrogens (tertiary/aromatic N) is 3. The molecule has 0 bridgehead atoms. The van der Waals surface area contributed by atoms with Crippen molar-refractivity contribution >= 4 is 27.9 Å². The molecule has 0 aliphatic heterocycles. The fourth-order valence-corrected chi connectivity index (χ4v) is 2.62. The molecule has 0 atom stereocenters. The molecule has 3 rings (SSSR count). The number of nitrogen functional groups attached to an aromatic ring is 1. The number of halogens is 1. The molecule has 3 heterocycles. The number of nitrogens with two attached hydrogens (primary N) is 1. The molecule has 5 nitrogen and oxygen atoms in total. The predicted molar refractivity (Wildman–Crippen MR) is 75.0 cm³/mol. The second kappa shape index (κ2) is 4.64. The van der Waals surface area contributed by atoms with Gasteiger partial charge in [0.25, 0.3) is 5.89 Å². The van der Waals surface area contributed by atoms with E-state index in [4.69, 9.17) is 21.9 Å². The lowest BCUT2D eigenvalue weighted by Crippen LogP contribution is -1.84. The number of anilines is 1. The number of aromatic nitrogens is 3. The Morgan fingerprint density at radius 3 is 2.84 bits per heavy atom. The number of hydrogen-bond donors (Lipinski definition) is 1. The zero-order chi connectivity index (χ0) is 13.4. The van der Waals surface area contributed by atoms with E-state index in [1.165, 1.54) is 11.3 Å². The Morgan fingerprint density at radius 2 is 2.21 bits per heavy atom. The van der Waals surface area contributed by atoms with Gasteiger partial charge in [0.15, 0.2) is 0 Å². The number of aryl methyl sites for hydroxylation is 1. The molecule has 0 saturated carbocycles. The van der Waals surface area contributed by atoms with Crippen LogP contribution in [0, 0.1) is 6.92 Å². The van der Waals surface area contributed by atoms with Crippen LogP contribution in [-0.2, 0) is 0 Å². The highest BCUT2D eigenvalue weighted by atomic mass is 35.5. The Morgan fingerprint density at radius 1 is 1.37 bits per heavy atom. The van der Waals surface area contributed by atoms with Crippen molar-refractivity contribution in [2.24, 2.45) is 0 Å². The summed E-state index contributed by atoms with van der Waals surface area (Å²) in [6.07, 6.45) is 1.54. The van der Waals surface area contributed by atoms with Gasteiger partial charge in [-0.25, -0.2) is 0 Å². The van der Waals surface area contributed by atoms with Crippen LogP contribution in [0.3, 0.4) is 0 Å². The van der Waals surface area contributed by atoms with E-state index >= 15 is 0 Å². The lowest BCUT2D eigenvalue weighted by molar-refractivity contribution is 0.433. The van der Waals surface area contributed by atoms with Gasteiger partial charge in [0.1, 0.15) is 5.69 Å². The van der Waals surface area contributed by atoms with Gasteiger partial charge in [-0.3, -0.25) is 4.98 Å². The van der Waals surface area contributed by atoms with Crippen molar-refractivity contribution in [3.63, 3.8) is 0 Å². The Balaban J connectivity index is 1.99. The molecule has 0 spiro atoms. The summed E-state index contributed by atoms with van der Waals surface area (Å²) in [5, 5.41) is 5.20. The molecule has 19 heavy (non-hydrogen) atoms. The first-order chi connectivity index (χ1) is 9.13. The quantitative estimate of drug-likeness (QED) is 0.783. The molecule has 0 amide bonds. The molecule has 0 fully saturated rings. The maximum absolute atomic E-state index is 5.78. The zero-order valence-corrected chi connectivity index (χ0v) is 11.5. The van der Waals surface area contributed by atoms with Gasteiger partial charge in [-0.15, -0.1) is 11.3 Å². The number of rotatable bonds is 2. The van der Waals surface area contributed by atoms with E-state index in [-0.39, 0.29) is 0 Å². The summed E-state index contributed by atoms with van der Waals surface area (Å²) >= 11 is 7.20. The Bertz CT molecular complexity index is 720. The second-order valence-electron chi connectivity index (χ2n) is 3.95. The van der Waals surface area contributed by atoms with Crippen molar-refractivity contribution in [1.82, 2.24) is 15.1 Å². The van der Waals surface area contributed by atoms with Crippen LogP contribution < -0.4 is 5.73 Å². The summed E-state index contributed by atoms with van der Waals surface area (Å²) in [5.41, 5.74) is 7.38. The highest BCUT2D eigenvalue weighted by Gasteiger charge is 2.15. The smallest absolute Gasteiger partial charge is 0.268 e. The summed E-state index contributed by atoms with van der Waals surface area (Å²) < 4.78 is 5.25. The van der Waals surface area contributed by atoms with E-state index in [0.717, 1.165) is 15.4 Å². The third kappa shape index (κ3) is 2.32. The third-order valence-corrected chi connectivity index (χ3v) is 3.79. The first-order valence-electron chi connectivity index (χ1n) is 5.45. The molecule has 3 aromatic rings. The highest BCUT2D eigenvalue weighted by molar-refractivity contribution is 7.19. The van der Waals surface area contributed by atoms with Crippen molar-refractivity contribution < 1.29 is 4.52 Å². The van der Waals surface area contributed by atoms with Gasteiger partial charge in [0.05, 0.1) is 14.9 Å². The van der Waals surface area contributed by atoms with Crippen LogP contribution in [0.25, 0.3) is 22.3 Å². The van der Waals surface area contributed by atoms with Crippen LogP contribution in [0.5, 0.6) is 0 Å². The number of thiophene rings is 1. The molecule has 96 valence electrons. The first kappa shape index (κ1) is 12.1. The minimum Gasteiger partial charge on any atom is -0.391 e. The van der Waals surface area contributed by atoms with Crippen molar-refractivity contribution in [1.29, 1.82) is 0 Å². The molecule has 7 heteroatoms. The van der Waals surface area contributed by atoms with E-state index in [2.05, 4.69) is 15.1 Å². The zero-order valence-electron chi connectivity index (χ0n) is 9.92. The summed E-state index contributed by atoms with van der Waals surface area (Å²) in [4.78, 5) is 9.35. The first-order valence-corrected chi connectivity index (χ1v) is 6.65. The van der Waals surface area contributed by atoms with E-state index in [9.17, 15) is 0 Å². The average Bonchev–Trinajstić information content (AvgIpc) is 2.97. The molecule has 0 aliphatic rings. The average molecular weight is 293 g/mol. The van der Waals surface area contributed by atoms with Gasteiger partial charge in [-0.1, -0.05) is 16.8 Å². The largest absolute Gasteiger partial charge is 0.391 e. The van der Waals surface area contributed by atoms with Gasteiger partial charge in [0.2, 0.25) is 5.82 Å². The lowest BCUT2D eigenvalue weighted by atomic mass is 10.3. The normalized spacial score (nSPS) is 10.8. The summed E-state index contributed by atoms with van der Waals surface area (Å²) in [5.74, 6) is 0.879. The van der Waals surface area contributed by atoms with Crippen molar-refractivity contribution in [3.8, 4) is 22.3 Å². The minimum absolute atomic E-state index is 0.429. The molecule has 2 N–H and O–H groups in total. The van der Waals surface area contributed by atoms with Crippen LogP contribution in [0.2, 0.25) is 5.02 Å². The molecule has 3 aromatic heterocycles. The van der Waals surface area contributed by atoms with Gasteiger partial charge in [0, 0.05) is 6.20 Å². The lowest BCUT2D eigenvalue weighted by Gasteiger charge is -1.92. The highest BCUT2D eigenvalue weighted by Crippen LogP contribution is 2.33. The van der Waals surface area contributed by atoms with Gasteiger partial charge in [-0.05, 0) is 30.7 Å². The molecular weight excluding hydrogens is 284 g/mol. The fourth-order valence-electron chi connectivity index (χ4n) is 1.65. The SMILES string of the molecule is Cc1cc(N)sc1-c1nc(-c2ccc(Cl)cn2)no1. The van der Waals surface area contributed by atoms with Crippen LogP contribution >= 0.6 is 22.9 Å². The Hall–Kier alpha value is -1.92. The summed E-state index contributed by atoms with van der Waals surface area (Å²) in [6.45, 7) is 1.95. The molecule has 0 saturated heterocycles. The standard InChI is InChI=1S/C12H9ClN4OS/c1-6-4-9(14)19-10(6)12-16-11(17-18-12)8-3-2-7(13)5-15-8/h2-5H,14H2,1H3. The Kier molecular flexibility index (Phi) is 2.96. The fraction of sp³-hybridized carbons (Fsp3) is 0.0833. The molecular formula is C12H9ClN4OS. The maximum atomic E-state index is 5.78. The van der Waals surface area contributed by atoms with Crippen LogP contribution in [0.4, 0.5) is 5.00 Å². The molecule has 0 aromatic carbocycles. The number of pyridine rings is 1. The van der Waals surface area contributed by atoms with E-state index < -0.39 is 0 Å². The summed E-state index contributed by atoms with van der Waals surface area (Å²) in [7, 11) is 0. The van der Waals surface area contributed by atoms with Crippen LogP contribution in [0.1, 0.15) is 5.56 Å². The predicted octanol–water partition coefficient (Wildman–Crippen LogP) is 3.40. The van der Waals surface area contributed by atoms with Gasteiger partial charge >= 0.3 is 0 Å². The van der Waals surface area contributed by atoms with Crippen LogP contribution in [-0.4, -0.2) is 15.1 Å². The van der Waals surface area contributed by atoms with Gasteiger partial charge < -0.3 is 10.3 Å². The second-order valence-corrected chi connectivity index (χ2v) is 5.47. The van der Waals surface area contributed by atoms with Crippen molar-refractivity contribution in [3.05, 3.63) is 35.0 Å². The van der Waals surface area contributed by atoms with E-state index in [1.807, 2.05) is 13.0 Å².